The summed E-state index contributed by atoms with van der Waals surface area (Å²) in [5.74, 6) is 0.497. The van der Waals surface area contributed by atoms with Crippen molar-refractivity contribution in [2.75, 3.05) is 0 Å². The van der Waals surface area contributed by atoms with Crippen molar-refractivity contribution in [3.63, 3.8) is 0 Å². The maximum atomic E-state index is 9.11. The first-order valence-corrected chi connectivity index (χ1v) is 6.65. The minimum Gasteiger partial charge on any atom is -0.239 e. The first kappa shape index (κ1) is 10.8. The number of nitrogens with zero attached hydrogens (tertiary/aromatic N) is 2. The Bertz CT molecular complexity index is 608. The van der Waals surface area contributed by atoms with Crippen LogP contribution in [-0.4, -0.2) is 4.98 Å². The molecule has 0 saturated heterocycles. The number of rotatable bonds is 2. The first-order chi connectivity index (χ1) is 8.29. The summed E-state index contributed by atoms with van der Waals surface area (Å²) in [6.45, 7) is 0. The predicted octanol–water partition coefficient (Wildman–Crippen LogP) is 4.21. The van der Waals surface area contributed by atoms with Crippen molar-refractivity contribution in [3.8, 4) is 16.6 Å². The van der Waals surface area contributed by atoms with Crippen LogP contribution in [0.25, 0.3) is 10.6 Å². The Kier molecular flexibility index (Phi) is 2.62. The Balaban J connectivity index is 2.10. The van der Waals surface area contributed by atoms with Crippen LogP contribution < -0.4 is 0 Å². The molecule has 0 spiro atoms. The standard InChI is InChI=1S/C13H9ClN2S/c14-10-4-2-1-3-9(10)13-16-12(8-5-6-8)11(7-15)17-13/h1-4,8H,5-6H2. The monoisotopic (exact) mass is 260 g/mol. The van der Waals surface area contributed by atoms with E-state index in [1.54, 1.807) is 0 Å². The molecular weight excluding hydrogens is 252 g/mol. The second-order valence-electron chi connectivity index (χ2n) is 4.10. The zero-order valence-electron chi connectivity index (χ0n) is 8.98. The van der Waals surface area contributed by atoms with Crippen molar-refractivity contribution in [2.45, 2.75) is 18.8 Å². The van der Waals surface area contributed by atoms with Crippen LogP contribution in [0.3, 0.4) is 0 Å². The van der Waals surface area contributed by atoms with E-state index in [-0.39, 0.29) is 0 Å². The average Bonchev–Trinajstić information content (AvgIpc) is 3.10. The quantitative estimate of drug-likeness (QED) is 0.811. The molecular formula is C13H9ClN2S. The van der Waals surface area contributed by atoms with Crippen LogP contribution in [0.2, 0.25) is 5.02 Å². The van der Waals surface area contributed by atoms with E-state index in [9.17, 15) is 0 Å². The Hall–Kier alpha value is -1.37. The van der Waals surface area contributed by atoms with Gasteiger partial charge in [-0.15, -0.1) is 11.3 Å². The number of halogens is 1. The van der Waals surface area contributed by atoms with Crippen molar-refractivity contribution >= 4 is 22.9 Å². The summed E-state index contributed by atoms with van der Waals surface area (Å²) >= 11 is 7.58. The predicted molar refractivity (Wildman–Crippen MR) is 69.3 cm³/mol. The molecule has 1 aliphatic carbocycles. The first-order valence-electron chi connectivity index (χ1n) is 5.45. The lowest BCUT2D eigenvalue weighted by molar-refractivity contribution is 1.04. The second kappa shape index (κ2) is 4.14. The third-order valence-corrected chi connectivity index (χ3v) is 4.16. The molecule has 0 amide bonds. The molecule has 17 heavy (non-hydrogen) atoms. The maximum Gasteiger partial charge on any atom is 0.128 e. The number of nitriles is 1. The molecule has 1 aromatic carbocycles. The van der Waals surface area contributed by atoms with Gasteiger partial charge in [-0.3, -0.25) is 0 Å². The van der Waals surface area contributed by atoms with Gasteiger partial charge in [-0.05, 0) is 18.9 Å². The highest BCUT2D eigenvalue weighted by Gasteiger charge is 2.30. The van der Waals surface area contributed by atoms with Crippen molar-refractivity contribution in [3.05, 3.63) is 39.9 Å². The molecule has 0 unspecified atom stereocenters. The Labute approximate surface area is 108 Å². The molecule has 4 heteroatoms. The molecule has 3 rings (SSSR count). The van der Waals surface area contributed by atoms with E-state index in [0.717, 1.165) is 34.0 Å². The van der Waals surface area contributed by atoms with Crippen molar-refractivity contribution in [1.29, 1.82) is 5.26 Å². The fraction of sp³-hybridized carbons (Fsp3) is 0.231. The molecule has 0 atom stereocenters. The van der Waals surface area contributed by atoms with Gasteiger partial charge in [0.1, 0.15) is 16.0 Å². The minimum atomic E-state index is 0.497. The molecule has 84 valence electrons. The van der Waals surface area contributed by atoms with Gasteiger partial charge >= 0.3 is 0 Å². The van der Waals surface area contributed by atoms with Gasteiger partial charge in [-0.2, -0.15) is 5.26 Å². The molecule has 2 nitrogen and oxygen atoms in total. The number of thiazole rings is 1. The van der Waals surface area contributed by atoms with Crippen LogP contribution in [0.15, 0.2) is 24.3 Å². The van der Waals surface area contributed by atoms with Crippen LogP contribution in [-0.2, 0) is 0 Å². The molecule has 2 aromatic rings. The summed E-state index contributed by atoms with van der Waals surface area (Å²) in [5.41, 5.74) is 1.88. The lowest BCUT2D eigenvalue weighted by Crippen LogP contribution is -1.83. The normalized spacial score (nSPS) is 14.6. The van der Waals surface area contributed by atoms with Gasteiger partial charge in [0.2, 0.25) is 0 Å². The molecule has 0 radical (unpaired) electrons. The molecule has 1 aromatic heterocycles. The molecule has 0 N–H and O–H groups in total. The van der Waals surface area contributed by atoms with Gasteiger partial charge in [0.15, 0.2) is 0 Å². The average molecular weight is 261 g/mol. The van der Waals surface area contributed by atoms with Crippen LogP contribution in [0.1, 0.15) is 29.3 Å². The highest BCUT2D eigenvalue weighted by atomic mass is 35.5. The van der Waals surface area contributed by atoms with E-state index in [2.05, 4.69) is 11.1 Å². The van der Waals surface area contributed by atoms with Crippen molar-refractivity contribution < 1.29 is 0 Å². The van der Waals surface area contributed by atoms with Crippen LogP contribution in [0, 0.1) is 11.3 Å². The molecule has 1 saturated carbocycles. The third-order valence-electron chi connectivity index (χ3n) is 2.82. The topological polar surface area (TPSA) is 36.7 Å². The van der Waals surface area contributed by atoms with Crippen LogP contribution >= 0.6 is 22.9 Å². The van der Waals surface area contributed by atoms with E-state index in [1.807, 2.05) is 24.3 Å². The van der Waals surface area contributed by atoms with E-state index in [4.69, 9.17) is 16.9 Å². The van der Waals surface area contributed by atoms with Gasteiger partial charge in [-0.1, -0.05) is 29.8 Å². The summed E-state index contributed by atoms with van der Waals surface area (Å²) in [6, 6.07) is 9.86. The Morgan fingerprint density at radius 3 is 2.76 bits per heavy atom. The van der Waals surface area contributed by atoms with E-state index >= 15 is 0 Å². The zero-order chi connectivity index (χ0) is 11.8. The summed E-state index contributed by atoms with van der Waals surface area (Å²) in [7, 11) is 0. The Morgan fingerprint density at radius 2 is 2.12 bits per heavy atom. The molecule has 0 aliphatic heterocycles. The second-order valence-corrected chi connectivity index (χ2v) is 5.51. The summed E-state index contributed by atoms with van der Waals surface area (Å²) in [6.07, 6.45) is 2.31. The minimum absolute atomic E-state index is 0.497. The molecule has 1 aliphatic rings. The summed E-state index contributed by atoms with van der Waals surface area (Å²) < 4.78 is 0. The van der Waals surface area contributed by atoms with Crippen LogP contribution in [0.4, 0.5) is 0 Å². The number of aromatic nitrogens is 1. The van der Waals surface area contributed by atoms with Gasteiger partial charge in [0.05, 0.1) is 10.7 Å². The summed E-state index contributed by atoms with van der Waals surface area (Å²) in [4.78, 5) is 5.32. The van der Waals surface area contributed by atoms with Gasteiger partial charge in [0.25, 0.3) is 0 Å². The molecule has 1 heterocycles. The van der Waals surface area contributed by atoms with E-state index < -0.39 is 0 Å². The van der Waals surface area contributed by atoms with Gasteiger partial charge < -0.3 is 0 Å². The van der Waals surface area contributed by atoms with Gasteiger partial charge in [0, 0.05) is 11.5 Å². The maximum absolute atomic E-state index is 9.11. The number of benzene rings is 1. The van der Waals surface area contributed by atoms with Crippen molar-refractivity contribution in [1.82, 2.24) is 4.98 Å². The highest BCUT2D eigenvalue weighted by molar-refractivity contribution is 7.15. The Morgan fingerprint density at radius 1 is 1.35 bits per heavy atom. The largest absolute Gasteiger partial charge is 0.239 e. The zero-order valence-corrected chi connectivity index (χ0v) is 10.6. The lowest BCUT2D eigenvalue weighted by Gasteiger charge is -1.98. The SMILES string of the molecule is N#Cc1sc(-c2ccccc2Cl)nc1C1CC1. The molecule has 1 fully saturated rings. The van der Waals surface area contributed by atoms with E-state index in [0.29, 0.717) is 10.9 Å². The molecule has 0 bridgehead atoms. The van der Waals surface area contributed by atoms with Crippen LogP contribution in [0.5, 0.6) is 0 Å². The fourth-order valence-electron chi connectivity index (χ4n) is 1.80. The smallest absolute Gasteiger partial charge is 0.128 e. The summed E-state index contributed by atoms with van der Waals surface area (Å²) in [5, 5.41) is 10.7. The number of hydrogen-bond donors (Lipinski definition) is 0. The number of hydrogen-bond acceptors (Lipinski definition) is 3. The van der Waals surface area contributed by atoms with E-state index in [1.165, 1.54) is 11.3 Å². The van der Waals surface area contributed by atoms with Gasteiger partial charge in [-0.25, -0.2) is 4.98 Å². The van der Waals surface area contributed by atoms with Crippen molar-refractivity contribution in [2.24, 2.45) is 0 Å². The fourth-order valence-corrected chi connectivity index (χ4v) is 3.06. The third kappa shape index (κ3) is 1.95. The highest BCUT2D eigenvalue weighted by Crippen LogP contribution is 2.44. The lowest BCUT2D eigenvalue weighted by atomic mass is 10.2.